The van der Waals surface area contributed by atoms with E-state index in [1.165, 1.54) is 12.8 Å². The van der Waals surface area contributed by atoms with Crippen molar-refractivity contribution in [3.8, 4) is 11.8 Å². The lowest BCUT2D eigenvalue weighted by atomic mass is 10.2. The average Bonchev–Trinajstić information content (AvgIpc) is 2.00. The van der Waals surface area contributed by atoms with Crippen LogP contribution in [0.1, 0.15) is 19.3 Å². The van der Waals surface area contributed by atoms with Gasteiger partial charge in [0.1, 0.15) is 0 Å². The van der Waals surface area contributed by atoms with Crippen LogP contribution < -0.4 is 0 Å². The first-order valence-electron chi connectivity index (χ1n) is 3.30. The van der Waals surface area contributed by atoms with Crippen LogP contribution in [-0.2, 0) is 0 Å². The molecule has 0 fully saturated rings. The van der Waals surface area contributed by atoms with Crippen LogP contribution in [0.3, 0.4) is 0 Å². The maximum Gasteiger partial charge on any atom is 0.00951 e. The molecule has 0 aliphatic heterocycles. The molecule has 0 nitrogen and oxygen atoms in total. The molecule has 0 atom stereocenters. The van der Waals surface area contributed by atoms with Crippen molar-refractivity contribution in [2.24, 2.45) is 0 Å². The minimum atomic E-state index is 1.04. The zero-order valence-corrected chi connectivity index (χ0v) is 5.43. The molecule has 0 bridgehead atoms. The lowest BCUT2D eigenvalue weighted by molar-refractivity contribution is 0.886. The van der Waals surface area contributed by atoms with E-state index in [2.05, 4.69) is 24.0 Å². The van der Waals surface area contributed by atoms with Gasteiger partial charge in [-0.2, -0.15) is 0 Å². The van der Waals surface area contributed by atoms with Gasteiger partial charge in [0.15, 0.2) is 0 Å². The second-order valence-electron chi connectivity index (χ2n) is 2.00. The standard InChI is InChI=1S/C9H10/c1-2-4-6-8-9-7-5-3-1/h1-4H,5,7,9H2/b3-1+,4-2-. The lowest BCUT2D eigenvalue weighted by Crippen LogP contribution is -1.66. The Morgan fingerprint density at radius 1 is 1.22 bits per heavy atom. The van der Waals surface area contributed by atoms with Crippen molar-refractivity contribution in [1.29, 1.82) is 0 Å². The highest BCUT2D eigenvalue weighted by Crippen LogP contribution is 1.96. The summed E-state index contributed by atoms with van der Waals surface area (Å²) < 4.78 is 0. The van der Waals surface area contributed by atoms with Crippen LogP contribution in [0.25, 0.3) is 0 Å². The third-order valence-electron chi connectivity index (χ3n) is 1.20. The number of hydrogen-bond acceptors (Lipinski definition) is 0. The van der Waals surface area contributed by atoms with Crippen molar-refractivity contribution in [3.05, 3.63) is 24.3 Å². The molecule has 1 aliphatic carbocycles. The highest BCUT2D eigenvalue weighted by Gasteiger charge is 1.79. The molecule has 0 amide bonds. The molecule has 0 saturated heterocycles. The number of hydrogen-bond donors (Lipinski definition) is 0. The minimum absolute atomic E-state index is 1.04. The van der Waals surface area contributed by atoms with Gasteiger partial charge in [-0.25, -0.2) is 0 Å². The van der Waals surface area contributed by atoms with Crippen LogP contribution in [-0.4, -0.2) is 0 Å². The minimum Gasteiger partial charge on any atom is -0.0985 e. The Morgan fingerprint density at radius 3 is 3.22 bits per heavy atom. The third kappa shape index (κ3) is 2.77. The van der Waals surface area contributed by atoms with E-state index in [9.17, 15) is 0 Å². The first kappa shape index (κ1) is 6.16. The smallest absolute Gasteiger partial charge is 0.00951 e. The van der Waals surface area contributed by atoms with Gasteiger partial charge in [0.25, 0.3) is 0 Å². The average molecular weight is 118 g/mol. The summed E-state index contributed by atoms with van der Waals surface area (Å²) in [4.78, 5) is 0. The Morgan fingerprint density at radius 2 is 2.22 bits per heavy atom. The van der Waals surface area contributed by atoms with Gasteiger partial charge < -0.3 is 0 Å². The van der Waals surface area contributed by atoms with Crippen LogP contribution in [0.15, 0.2) is 24.3 Å². The largest absolute Gasteiger partial charge is 0.0985 e. The van der Waals surface area contributed by atoms with Crippen molar-refractivity contribution in [3.63, 3.8) is 0 Å². The van der Waals surface area contributed by atoms with Gasteiger partial charge in [-0.3, -0.25) is 0 Å². The van der Waals surface area contributed by atoms with E-state index >= 15 is 0 Å². The molecule has 0 radical (unpaired) electrons. The first-order chi connectivity index (χ1) is 4.50. The molecule has 0 spiro atoms. The van der Waals surface area contributed by atoms with Gasteiger partial charge in [0, 0.05) is 6.42 Å². The second-order valence-corrected chi connectivity index (χ2v) is 2.00. The van der Waals surface area contributed by atoms with E-state index in [1.54, 1.807) is 0 Å². The molecule has 0 saturated carbocycles. The lowest BCUT2D eigenvalue weighted by Gasteiger charge is -1.83. The number of rotatable bonds is 0. The summed E-state index contributed by atoms with van der Waals surface area (Å²) in [5.74, 6) is 6.00. The normalized spacial score (nSPS) is 24.0. The van der Waals surface area contributed by atoms with E-state index in [4.69, 9.17) is 0 Å². The molecule has 1 aliphatic rings. The predicted molar refractivity (Wildman–Crippen MR) is 39.9 cm³/mol. The maximum absolute atomic E-state index is 3.05. The summed E-state index contributed by atoms with van der Waals surface area (Å²) >= 11 is 0. The number of allylic oxidation sites excluding steroid dienone is 4. The fraction of sp³-hybridized carbons (Fsp3) is 0.333. The molecule has 0 N–H and O–H groups in total. The summed E-state index contributed by atoms with van der Waals surface area (Å²) in [6.45, 7) is 0. The molecule has 0 unspecified atom stereocenters. The third-order valence-corrected chi connectivity index (χ3v) is 1.20. The quantitative estimate of drug-likeness (QED) is 0.428. The molecule has 1 rings (SSSR count). The molecule has 0 heterocycles. The summed E-state index contributed by atoms with van der Waals surface area (Å²) in [5, 5.41) is 0. The predicted octanol–water partition coefficient (Wildman–Crippen LogP) is 2.29. The van der Waals surface area contributed by atoms with E-state index < -0.39 is 0 Å². The summed E-state index contributed by atoms with van der Waals surface area (Å²) in [6, 6.07) is 0. The Balaban J connectivity index is 2.52. The summed E-state index contributed by atoms with van der Waals surface area (Å²) in [7, 11) is 0. The van der Waals surface area contributed by atoms with Gasteiger partial charge in [0.2, 0.25) is 0 Å². The topological polar surface area (TPSA) is 0 Å². The van der Waals surface area contributed by atoms with E-state index in [1.807, 2.05) is 12.2 Å². The monoisotopic (exact) mass is 118 g/mol. The van der Waals surface area contributed by atoms with Crippen LogP contribution in [0, 0.1) is 11.8 Å². The van der Waals surface area contributed by atoms with Gasteiger partial charge in [0.05, 0.1) is 0 Å². The Kier molecular flexibility index (Phi) is 2.72. The van der Waals surface area contributed by atoms with Gasteiger partial charge in [-0.15, -0.1) is 0 Å². The van der Waals surface area contributed by atoms with Gasteiger partial charge in [-0.1, -0.05) is 30.1 Å². The second kappa shape index (κ2) is 3.97. The van der Waals surface area contributed by atoms with Crippen LogP contribution >= 0.6 is 0 Å². The van der Waals surface area contributed by atoms with Crippen molar-refractivity contribution < 1.29 is 0 Å². The molecule has 9 heavy (non-hydrogen) atoms. The van der Waals surface area contributed by atoms with Crippen LogP contribution in [0.4, 0.5) is 0 Å². The zero-order valence-electron chi connectivity index (χ0n) is 5.43. The van der Waals surface area contributed by atoms with E-state index in [0.29, 0.717) is 0 Å². The summed E-state index contributed by atoms with van der Waals surface area (Å²) in [5.41, 5.74) is 0. The molecular weight excluding hydrogens is 108 g/mol. The molecule has 0 aromatic carbocycles. The highest BCUT2D eigenvalue weighted by molar-refractivity contribution is 5.20. The molecule has 0 aromatic rings. The fourth-order valence-electron chi connectivity index (χ4n) is 0.718. The van der Waals surface area contributed by atoms with E-state index in [-0.39, 0.29) is 0 Å². The van der Waals surface area contributed by atoms with E-state index in [0.717, 1.165) is 6.42 Å². The Hall–Kier alpha value is -0.960. The summed E-state index contributed by atoms with van der Waals surface area (Å²) in [6.07, 6.45) is 11.5. The van der Waals surface area contributed by atoms with Gasteiger partial charge in [-0.05, 0) is 18.9 Å². The molecular formula is C9H10. The molecule has 0 heteroatoms. The van der Waals surface area contributed by atoms with Crippen LogP contribution in [0.5, 0.6) is 0 Å². The van der Waals surface area contributed by atoms with Crippen LogP contribution in [0.2, 0.25) is 0 Å². The SMILES string of the molecule is C1#CCCC/C=C/C=C\1. The van der Waals surface area contributed by atoms with Crippen molar-refractivity contribution in [2.75, 3.05) is 0 Å². The zero-order chi connectivity index (χ0) is 6.36. The van der Waals surface area contributed by atoms with Crippen molar-refractivity contribution in [1.82, 2.24) is 0 Å². The Bertz CT molecular complexity index is 174. The first-order valence-corrected chi connectivity index (χ1v) is 3.30. The highest BCUT2D eigenvalue weighted by atomic mass is 13.8. The maximum atomic E-state index is 3.05. The Labute approximate surface area is 56.3 Å². The molecule has 46 valence electrons. The molecule has 0 aromatic heterocycles. The van der Waals surface area contributed by atoms with Gasteiger partial charge >= 0.3 is 0 Å². The van der Waals surface area contributed by atoms with Crippen molar-refractivity contribution >= 4 is 0 Å². The fourth-order valence-corrected chi connectivity index (χ4v) is 0.718. The van der Waals surface area contributed by atoms with Crippen molar-refractivity contribution in [2.45, 2.75) is 19.3 Å².